The molecule has 0 spiro atoms. The maximum absolute atomic E-state index is 14.4. The summed E-state index contributed by atoms with van der Waals surface area (Å²) in [5, 5.41) is 19.8. The topological polar surface area (TPSA) is 108 Å². The number of nitrogens with two attached hydrogens (primary N) is 1. The van der Waals surface area contributed by atoms with E-state index in [2.05, 4.69) is 147 Å². The van der Waals surface area contributed by atoms with Crippen molar-refractivity contribution in [2.24, 2.45) is 0 Å². The Balaban J connectivity index is 0.000000941. The van der Waals surface area contributed by atoms with E-state index in [9.17, 15) is 4.57 Å². The van der Waals surface area contributed by atoms with Gasteiger partial charge in [-0.1, -0.05) is 221 Å². The molecule has 0 fully saturated rings. The number of nitrogen functional groups attached to an aromatic ring is 1. The second-order valence-electron chi connectivity index (χ2n) is 17.1. The first-order valence-electron chi connectivity index (χ1n) is 24.7. The van der Waals surface area contributed by atoms with E-state index in [0.717, 1.165) is 35.2 Å². The Kier molecular flexibility index (Phi) is 37.7. The van der Waals surface area contributed by atoms with Crippen LogP contribution in [0.2, 0.25) is 0 Å². The fourth-order valence-electron chi connectivity index (χ4n) is 7.14. The Morgan fingerprint density at radius 2 is 0.803 bits per heavy atom. The fraction of sp³-hybridized carbons (Fsp3) is 0.390. The van der Waals surface area contributed by atoms with Gasteiger partial charge in [-0.2, -0.15) is 0 Å². The highest BCUT2D eigenvalue weighted by atomic mass is 35.7. The molecular formula is C59H86Cl3N3O4P2. The van der Waals surface area contributed by atoms with Gasteiger partial charge in [-0.15, -0.1) is 23.2 Å². The largest absolute Gasteiger partial charge is 0.398 e. The molecule has 0 unspecified atom stereocenters. The van der Waals surface area contributed by atoms with E-state index in [1.165, 1.54) is 52.5 Å². The minimum atomic E-state index is -3.03. The highest BCUT2D eigenvalue weighted by molar-refractivity contribution is 7.95. The third kappa shape index (κ3) is 24.7. The zero-order valence-corrected chi connectivity index (χ0v) is 48.9. The van der Waals surface area contributed by atoms with E-state index in [1.807, 2.05) is 111 Å². The predicted molar refractivity (Wildman–Crippen MR) is 319 cm³/mol. The van der Waals surface area contributed by atoms with E-state index in [4.69, 9.17) is 55.4 Å². The van der Waals surface area contributed by atoms with Crippen molar-refractivity contribution in [1.29, 1.82) is 0 Å². The highest BCUT2D eigenvalue weighted by Crippen LogP contribution is 2.47. The van der Waals surface area contributed by atoms with Gasteiger partial charge in [-0.3, -0.25) is 15.1 Å². The van der Waals surface area contributed by atoms with Crippen molar-refractivity contribution in [1.82, 2.24) is 4.90 Å². The van der Waals surface area contributed by atoms with Crippen molar-refractivity contribution in [3.8, 4) is 0 Å². The van der Waals surface area contributed by atoms with Crippen LogP contribution in [-0.2, 0) is 9.30 Å². The van der Waals surface area contributed by atoms with E-state index in [-0.39, 0.29) is 5.34 Å². The van der Waals surface area contributed by atoms with Gasteiger partial charge in [0, 0.05) is 35.2 Å². The molecule has 0 aliphatic carbocycles. The summed E-state index contributed by atoms with van der Waals surface area (Å²) in [6, 6.07) is 52.6. The first kappa shape index (κ1) is 67.3. The number of halogens is 3. The Bertz CT molecular complexity index is 2110. The summed E-state index contributed by atoms with van der Waals surface area (Å²) in [4.78, 5) is 2.38. The first-order chi connectivity index (χ1) is 34.0. The Morgan fingerprint density at radius 3 is 1.04 bits per heavy atom. The van der Waals surface area contributed by atoms with Gasteiger partial charge in [-0.25, -0.2) is 0 Å². The van der Waals surface area contributed by atoms with Crippen molar-refractivity contribution in [3.63, 3.8) is 0 Å². The molecule has 5 N–H and O–H groups in total. The van der Waals surface area contributed by atoms with Gasteiger partial charge < -0.3 is 20.5 Å². The molecule has 0 heterocycles. The minimum Gasteiger partial charge on any atom is -0.398 e. The number of hydrogen-bond acceptors (Lipinski definition) is 6. The average molecular weight is 1070 g/mol. The van der Waals surface area contributed by atoms with Crippen molar-refractivity contribution in [3.05, 3.63) is 180 Å². The van der Waals surface area contributed by atoms with Crippen LogP contribution >= 0.6 is 49.0 Å². The highest BCUT2D eigenvalue weighted by Gasteiger charge is 2.29. The van der Waals surface area contributed by atoms with E-state index in [0.29, 0.717) is 23.7 Å². The molecule has 6 aromatic rings. The molecule has 6 aromatic carbocycles. The number of hydrogen-bond donors (Lipinski definition) is 4. The molecule has 0 aromatic heterocycles. The van der Waals surface area contributed by atoms with Crippen molar-refractivity contribution >= 4 is 81.6 Å². The van der Waals surface area contributed by atoms with Crippen molar-refractivity contribution < 1.29 is 19.8 Å². The van der Waals surface area contributed by atoms with Gasteiger partial charge in [0.05, 0.1) is 12.6 Å². The van der Waals surface area contributed by atoms with Crippen LogP contribution in [0.1, 0.15) is 136 Å². The fourth-order valence-corrected chi connectivity index (χ4v) is 11.3. The molecule has 0 saturated heterocycles. The number of benzene rings is 6. The van der Waals surface area contributed by atoms with E-state index in [1.54, 1.807) is 0 Å². The monoisotopic (exact) mass is 1070 g/mol. The SMILES string of the molecule is CC(C)c1cccc(C(C)C)c1N.CC(C)c1cccc(C(C)C)c1NP(=O)(c1ccccc1)c1ccccc1.CCN(CC)CC.CCOCC.ClCCl.ClP(c1ccccc1)c1ccccc1.OO. The summed E-state index contributed by atoms with van der Waals surface area (Å²) < 4.78 is 19.3. The van der Waals surface area contributed by atoms with Crippen molar-refractivity contribution in [2.45, 2.75) is 114 Å². The van der Waals surface area contributed by atoms with E-state index >= 15 is 0 Å². The zero-order valence-electron chi connectivity index (χ0n) is 44.8. The summed E-state index contributed by atoms with van der Waals surface area (Å²) in [5.41, 5.74) is 13.0. The lowest BCUT2D eigenvalue weighted by Crippen LogP contribution is -2.23. The molecular weight excluding hydrogens is 983 g/mol. The Morgan fingerprint density at radius 1 is 0.521 bits per heavy atom. The zero-order chi connectivity index (χ0) is 53.8. The van der Waals surface area contributed by atoms with Gasteiger partial charge in [0.2, 0.25) is 7.29 Å². The Hall–Kier alpha value is -3.71. The predicted octanol–water partition coefficient (Wildman–Crippen LogP) is 16.9. The molecule has 392 valence electrons. The molecule has 6 rings (SSSR count). The average Bonchev–Trinajstić information content (AvgIpc) is 3.39. The molecule has 0 atom stereocenters. The molecule has 0 aliphatic rings. The van der Waals surface area contributed by atoms with Gasteiger partial charge in [0.25, 0.3) is 0 Å². The maximum Gasteiger partial charge on any atom is 0.227 e. The summed E-state index contributed by atoms with van der Waals surface area (Å²) in [6.07, 6.45) is 0. The van der Waals surface area contributed by atoms with Crippen LogP contribution < -0.4 is 32.0 Å². The van der Waals surface area contributed by atoms with Crippen LogP contribution in [-0.4, -0.2) is 53.6 Å². The second-order valence-corrected chi connectivity index (χ2v) is 23.0. The van der Waals surface area contributed by atoms with Crippen LogP contribution in [0.25, 0.3) is 0 Å². The third-order valence-corrected chi connectivity index (χ3v) is 16.3. The number of nitrogens with one attached hydrogen (secondary N) is 1. The molecule has 0 saturated carbocycles. The van der Waals surface area contributed by atoms with Crippen LogP contribution in [0.4, 0.5) is 11.4 Å². The number of ether oxygens (including phenoxy) is 1. The standard InChI is InChI=1S/C24H28NOP.C12H10ClP.C12H19N.C6H15N.C4H10O.CH2Cl2.H2O2/c1-18(2)22-16-11-17-23(19(3)4)24(22)25-27(26,20-12-7-5-8-13-20)21-14-9-6-10-15-21;13-14(11-7-3-1-4-8-11)12-9-5-2-6-10-12;1-8(2)10-6-5-7-11(9(3)4)12(10)13;1-4-7(5-2)6-3;1-3-5-4-2;2-1-3;1-2/h5-19H,1-4H3,(H,25,26);1-10H;5-9H,13H2,1-4H3;4-6H2,1-3H3;3-4H2,1-2H3;1H2;1-2H. The van der Waals surface area contributed by atoms with E-state index < -0.39 is 14.6 Å². The normalized spacial score (nSPS) is 10.5. The lowest BCUT2D eigenvalue weighted by Gasteiger charge is -2.27. The summed E-state index contributed by atoms with van der Waals surface area (Å²) in [5.74, 6) is 1.70. The molecule has 7 nitrogen and oxygen atoms in total. The quantitative estimate of drug-likeness (QED) is 0.0267. The molecule has 0 bridgehead atoms. The molecule has 71 heavy (non-hydrogen) atoms. The summed E-state index contributed by atoms with van der Waals surface area (Å²) in [7, 11) is -3.73. The first-order valence-corrected chi connectivity index (χ1v) is 29.7. The van der Waals surface area contributed by atoms with Crippen LogP contribution in [0.3, 0.4) is 0 Å². The van der Waals surface area contributed by atoms with Gasteiger partial charge in [0.15, 0.2) is 0 Å². The van der Waals surface area contributed by atoms with Gasteiger partial charge in [-0.05, 0) is 114 Å². The van der Waals surface area contributed by atoms with Crippen molar-refractivity contribution in [2.75, 3.05) is 49.0 Å². The molecule has 0 amide bonds. The minimum absolute atomic E-state index is 0.194. The van der Waals surface area contributed by atoms with Gasteiger partial charge in [0.1, 0.15) is 0 Å². The summed E-state index contributed by atoms with van der Waals surface area (Å²) >= 11 is 15.9. The van der Waals surface area contributed by atoms with Crippen LogP contribution in [0, 0.1) is 0 Å². The smallest absolute Gasteiger partial charge is 0.227 e. The number of rotatable bonds is 15. The second kappa shape index (κ2) is 39.8. The third-order valence-electron chi connectivity index (χ3n) is 11.0. The summed E-state index contributed by atoms with van der Waals surface area (Å²) in [6.45, 7) is 33.2. The van der Waals surface area contributed by atoms with Crippen LogP contribution in [0.15, 0.2) is 158 Å². The number of anilines is 2. The maximum atomic E-state index is 14.4. The lowest BCUT2D eigenvalue weighted by molar-refractivity contribution is -0.176. The lowest BCUT2D eigenvalue weighted by atomic mass is 9.93. The molecule has 0 radical (unpaired) electrons. The number of nitrogens with zero attached hydrogens (tertiary/aromatic N) is 1. The number of alkyl halides is 2. The van der Waals surface area contributed by atoms with Crippen LogP contribution in [0.5, 0.6) is 0 Å². The Labute approximate surface area is 446 Å². The number of para-hydroxylation sites is 2. The van der Waals surface area contributed by atoms with Gasteiger partial charge >= 0.3 is 0 Å². The molecule has 12 heteroatoms. The molecule has 0 aliphatic heterocycles.